The van der Waals surface area contributed by atoms with Gasteiger partial charge in [-0.1, -0.05) is 83.5 Å². The molecule has 0 amide bonds. The minimum Gasteiger partial charge on any atom is -0.377 e. The molecule has 0 bridgehead atoms. The number of hydrogen-bond acceptors (Lipinski definition) is 3. The van der Waals surface area contributed by atoms with Crippen LogP contribution in [0.3, 0.4) is 0 Å². The van der Waals surface area contributed by atoms with E-state index in [9.17, 15) is 13.2 Å². The smallest absolute Gasteiger partial charge is 0.377 e. The summed E-state index contributed by atoms with van der Waals surface area (Å²) in [7, 11) is 2.62. The molecule has 0 saturated heterocycles. The van der Waals surface area contributed by atoms with Crippen LogP contribution in [0.4, 0.5) is 13.2 Å². The predicted molar refractivity (Wildman–Crippen MR) is 112 cm³/mol. The molecule has 0 saturated carbocycles. The van der Waals surface area contributed by atoms with Gasteiger partial charge in [0.05, 0.1) is 0 Å². The molecule has 0 fully saturated rings. The van der Waals surface area contributed by atoms with Gasteiger partial charge in [-0.25, -0.2) is 0 Å². The molecule has 0 N–H and O–H groups in total. The molecule has 0 aromatic heterocycles. The first kappa shape index (κ1) is 27.9. The Bertz CT molecular complexity index is 329. The lowest BCUT2D eigenvalue weighted by Crippen LogP contribution is -2.42. The van der Waals surface area contributed by atoms with Gasteiger partial charge in [-0.05, 0) is 12.8 Å². The Hall–Kier alpha value is -0.113. The van der Waals surface area contributed by atoms with Crippen molar-refractivity contribution in [3.05, 3.63) is 0 Å². The Balaban J connectivity index is 3.24. The molecule has 0 spiro atoms. The van der Waals surface area contributed by atoms with Crippen LogP contribution in [0.1, 0.15) is 103 Å². The van der Waals surface area contributed by atoms with Crippen molar-refractivity contribution >= 4 is 8.80 Å². The zero-order valence-electron chi connectivity index (χ0n) is 18.4. The van der Waals surface area contributed by atoms with Crippen LogP contribution in [0.25, 0.3) is 0 Å². The minimum atomic E-state index is -3.98. The van der Waals surface area contributed by atoms with Crippen LogP contribution in [-0.2, 0) is 13.3 Å². The summed E-state index contributed by atoms with van der Waals surface area (Å²) in [5.74, 6) is 0. The monoisotopic (exact) mass is 428 g/mol. The maximum Gasteiger partial charge on any atom is 0.500 e. The van der Waals surface area contributed by atoms with Gasteiger partial charge in [0.25, 0.3) is 0 Å². The van der Waals surface area contributed by atoms with Gasteiger partial charge < -0.3 is 13.3 Å². The molecule has 0 aliphatic rings. The minimum absolute atomic E-state index is 0.289. The summed E-state index contributed by atoms with van der Waals surface area (Å²) in [6.07, 6.45) is 12.1. The van der Waals surface area contributed by atoms with Crippen molar-refractivity contribution in [2.75, 3.05) is 21.3 Å². The third-order valence-electron chi connectivity index (χ3n) is 5.38. The molecule has 0 aliphatic carbocycles. The quantitative estimate of drug-likeness (QED) is 0.147. The first-order chi connectivity index (χ1) is 13.4. The highest BCUT2D eigenvalue weighted by atomic mass is 28.4. The van der Waals surface area contributed by atoms with E-state index in [1.807, 2.05) is 0 Å². The molecule has 28 heavy (non-hydrogen) atoms. The van der Waals surface area contributed by atoms with Crippen molar-refractivity contribution in [3.8, 4) is 0 Å². The maximum atomic E-state index is 12.0. The zero-order valence-corrected chi connectivity index (χ0v) is 19.4. The van der Waals surface area contributed by atoms with Crippen LogP contribution >= 0.6 is 0 Å². The van der Waals surface area contributed by atoms with E-state index < -0.39 is 21.4 Å². The van der Waals surface area contributed by atoms with Crippen LogP contribution in [0.2, 0.25) is 6.04 Å². The summed E-state index contributed by atoms with van der Waals surface area (Å²) in [4.78, 5) is 0. The van der Waals surface area contributed by atoms with E-state index in [1.54, 1.807) is 21.3 Å². The largest absolute Gasteiger partial charge is 0.500 e. The third kappa shape index (κ3) is 16.8. The van der Waals surface area contributed by atoms with Crippen molar-refractivity contribution in [1.82, 2.24) is 0 Å². The molecule has 0 heterocycles. The summed E-state index contributed by atoms with van der Waals surface area (Å²) in [6, 6.07) is 0.888. The molecule has 0 aromatic carbocycles. The fourth-order valence-corrected chi connectivity index (χ4v) is 5.32. The Morgan fingerprint density at radius 2 is 0.786 bits per heavy atom. The van der Waals surface area contributed by atoms with Crippen molar-refractivity contribution in [2.24, 2.45) is 0 Å². The Morgan fingerprint density at radius 3 is 1.07 bits per heavy atom. The van der Waals surface area contributed by atoms with Gasteiger partial charge in [-0.2, -0.15) is 13.2 Å². The first-order valence-corrected chi connectivity index (χ1v) is 13.0. The molecule has 0 unspecified atom stereocenters. The average molecular weight is 429 g/mol. The van der Waals surface area contributed by atoms with E-state index in [1.165, 1.54) is 64.2 Å². The molecular weight excluding hydrogens is 385 g/mol. The van der Waals surface area contributed by atoms with Gasteiger partial charge in [0.15, 0.2) is 0 Å². The summed E-state index contributed by atoms with van der Waals surface area (Å²) in [5, 5.41) is 0. The standard InChI is InChI=1S/C21H43F3O3Si/c1-25-28(26-2,27-3)20-18-16-14-12-10-8-6-4-5-7-9-11-13-15-17-19-21(22,23)24/h4-20H2,1-3H3. The molecule has 0 aliphatic heterocycles. The van der Waals surface area contributed by atoms with E-state index >= 15 is 0 Å². The highest BCUT2D eigenvalue weighted by molar-refractivity contribution is 6.60. The van der Waals surface area contributed by atoms with Crippen LogP contribution in [0, 0.1) is 0 Å². The Kier molecular flexibility index (Phi) is 17.6. The fraction of sp³-hybridized carbons (Fsp3) is 1.00. The summed E-state index contributed by atoms with van der Waals surface area (Å²) in [5.41, 5.74) is 0. The van der Waals surface area contributed by atoms with Gasteiger partial charge in [0.2, 0.25) is 0 Å². The Labute approximate surface area is 172 Å². The second-order valence-corrected chi connectivity index (χ2v) is 10.8. The Morgan fingerprint density at radius 1 is 0.500 bits per heavy atom. The third-order valence-corrected chi connectivity index (χ3v) is 8.21. The van der Waals surface area contributed by atoms with Crippen molar-refractivity contribution in [3.63, 3.8) is 0 Å². The normalized spacial score (nSPS) is 12.6. The number of unbranched alkanes of at least 4 members (excludes halogenated alkanes) is 14. The van der Waals surface area contributed by atoms with Crippen molar-refractivity contribution in [2.45, 2.75) is 115 Å². The molecule has 170 valence electrons. The van der Waals surface area contributed by atoms with Crippen molar-refractivity contribution < 1.29 is 26.4 Å². The highest BCUT2D eigenvalue weighted by Gasteiger charge is 2.36. The number of rotatable bonds is 20. The van der Waals surface area contributed by atoms with Gasteiger partial charge in [-0.15, -0.1) is 0 Å². The second kappa shape index (κ2) is 17.7. The second-order valence-electron chi connectivity index (χ2n) is 7.71. The van der Waals surface area contributed by atoms with Gasteiger partial charge in [0.1, 0.15) is 0 Å². The van der Waals surface area contributed by atoms with Crippen LogP contribution in [0.5, 0.6) is 0 Å². The average Bonchev–Trinajstić information content (AvgIpc) is 2.67. The molecule has 7 heteroatoms. The van der Waals surface area contributed by atoms with E-state index in [-0.39, 0.29) is 6.42 Å². The fourth-order valence-electron chi connectivity index (χ4n) is 3.52. The maximum absolute atomic E-state index is 12.0. The summed E-state index contributed by atoms with van der Waals surface area (Å²) < 4.78 is 52.3. The summed E-state index contributed by atoms with van der Waals surface area (Å²) in [6.45, 7) is 0. The van der Waals surface area contributed by atoms with Crippen molar-refractivity contribution in [1.29, 1.82) is 0 Å². The zero-order chi connectivity index (χ0) is 21.1. The lowest BCUT2D eigenvalue weighted by atomic mass is 10.0. The number of hydrogen-bond donors (Lipinski definition) is 0. The van der Waals surface area contributed by atoms with E-state index in [4.69, 9.17) is 13.3 Å². The summed E-state index contributed by atoms with van der Waals surface area (Å²) >= 11 is 0. The topological polar surface area (TPSA) is 27.7 Å². The molecule has 0 radical (unpaired) electrons. The van der Waals surface area contributed by atoms with Gasteiger partial charge >= 0.3 is 15.0 Å². The highest BCUT2D eigenvalue weighted by Crippen LogP contribution is 2.23. The molecule has 0 rings (SSSR count). The van der Waals surface area contributed by atoms with E-state index in [2.05, 4.69) is 0 Å². The molecule has 3 nitrogen and oxygen atoms in total. The van der Waals surface area contributed by atoms with Crippen LogP contribution < -0.4 is 0 Å². The van der Waals surface area contributed by atoms with Gasteiger partial charge in [-0.3, -0.25) is 0 Å². The van der Waals surface area contributed by atoms with Crippen LogP contribution in [0.15, 0.2) is 0 Å². The lowest BCUT2D eigenvalue weighted by Gasteiger charge is -2.24. The van der Waals surface area contributed by atoms with E-state index in [0.717, 1.165) is 25.3 Å². The molecule has 0 atom stereocenters. The van der Waals surface area contributed by atoms with Crippen LogP contribution in [-0.4, -0.2) is 36.3 Å². The first-order valence-electron chi connectivity index (χ1n) is 11.1. The van der Waals surface area contributed by atoms with Gasteiger partial charge in [0, 0.05) is 33.8 Å². The number of alkyl halides is 3. The lowest BCUT2D eigenvalue weighted by molar-refractivity contribution is -0.135. The molecular formula is C21H43F3O3Si. The predicted octanol–water partition coefficient (Wildman–Crippen LogP) is 7.67. The SMILES string of the molecule is CO[Si](CCCCCCCCCCCCCCCCCC(F)(F)F)(OC)OC. The molecule has 0 aromatic rings. The number of halogens is 3. The van der Waals surface area contributed by atoms with E-state index in [0.29, 0.717) is 6.42 Å².